The third-order valence-electron chi connectivity index (χ3n) is 3.61. The van der Waals surface area contributed by atoms with Crippen LogP contribution in [0.25, 0.3) is 0 Å². The van der Waals surface area contributed by atoms with Gasteiger partial charge in [-0.25, -0.2) is 9.97 Å². The van der Waals surface area contributed by atoms with Gasteiger partial charge in [0.05, 0.1) is 27.0 Å². The molecule has 0 fully saturated rings. The molecule has 4 N–H and O–H groups in total. The van der Waals surface area contributed by atoms with Gasteiger partial charge in [-0.05, 0) is 36.4 Å². The van der Waals surface area contributed by atoms with Crippen LogP contribution in [-0.2, 0) is 6.18 Å². The lowest BCUT2D eigenvalue weighted by atomic mass is 10.2. The molecule has 1 heterocycles. The molecule has 3 aromatic rings. The number of nitrogen functional groups attached to an aromatic ring is 1. The highest BCUT2D eigenvalue weighted by Crippen LogP contribution is 2.37. The molecule has 146 valence electrons. The molecule has 11 heteroatoms. The highest BCUT2D eigenvalue weighted by atomic mass is 35.5. The number of nitrogens with one attached hydrogen (secondary N) is 2. The van der Waals surface area contributed by atoms with Gasteiger partial charge in [0, 0.05) is 5.02 Å². The zero-order valence-electron chi connectivity index (χ0n) is 13.8. The summed E-state index contributed by atoms with van der Waals surface area (Å²) < 4.78 is 38.8. The molecule has 3 rings (SSSR count). The Labute approximate surface area is 172 Å². The second kappa shape index (κ2) is 7.90. The second-order valence-electron chi connectivity index (χ2n) is 5.55. The number of alkyl halides is 3. The first-order valence-corrected chi connectivity index (χ1v) is 8.75. The first-order valence-electron chi connectivity index (χ1n) is 7.61. The van der Waals surface area contributed by atoms with Crippen LogP contribution < -0.4 is 16.4 Å². The zero-order valence-corrected chi connectivity index (χ0v) is 16.0. The Morgan fingerprint density at radius 3 is 2.07 bits per heavy atom. The molecule has 0 amide bonds. The van der Waals surface area contributed by atoms with Crippen molar-refractivity contribution < 1.29 is 13.2 Å². The molecule has 0 atom stereocenters. The number of nitrogens with zero attached hydrogens (tertiary/aromatic N) is 2. The number of anilines is 5. The Bertz CT molecular complexity index is 1030. The molecule has 0 aliphatic rings. The number of aromatic nitrogens is 2. The molecule has 0 spiro atoms. The number of nitrogens with two attached hydrogens (primary N) is 1. The molecule has 1 aromatic heterocycles. The number of benzene rings is 2. The maximum absolute atomic E-state index is 12.9. The van der Waals surface area contributed by atoms with E-state index in [1.807, 2.05) is 0 Å². The lowest BCUT2D eigenvalue weighted by Crippen LogP contribution is -2.08. The molecule has 5 nitrogen and oxygen atoms in total. The van der Waals surface area contributed by atoms with Crippen molar-refractivity contribution in [1.29, 1.82) is 0 Å². The van der Waals surface area contributed by atoms with Crippen LogP contribution in [0.15, 0.2) is 42.7 Å². The molecule has 28 heavy (non-hydrogen) atoms. The third kappa shape index (κ3) is 4.52. The van der Waals surface area contributed by atoms with E-state index in [1.165, 1.54) is 12.4 Å². The monoisotopic (exact) mass is 447 g/mol. The molecule has 0 saturated carbocycles. The molecule has 0 bridgehead atoms. The fourth-order valence-electron chi connectivity index (χ4n) is 2.24. The second-order valence-corrected chi connectivity index (χ2v) is 6.80. The van der Waals surface area contributed by atoms with Gasteiger partial charge in [0.15, 0.2) is 11.6 Å². The van der Waals surface area contributed by atoms with Crippen LogP contribution in [0.1, 0.15) is 5.56 Å². The fraction of sp³-hybridized carbons (Fsp3) is 0.0588. The molecule has 0 aliphatic heterocycles. The quantitative estimate of drug-likeness (QED) is 0.423. The minimum absolute atomic E-state index is 0.00244. The van der Waals surface area contributed by atoms with Crippen molar-refractivity contribution in [3.05, 3.63) is 63.4 Å². The van der Waals surface area contributed by atoms with Crippen LogP contribution in [0.3, 0.4) is 0 Å². The van der Waals surface area contributed by atoms with Crippen LogP contribution in [-0.4, -0.2) is 9.97 Å². The van der Waals surface area contributed by atoms with Gasteiger partial charge >= 0.3 is 6.18 Å². The summed E-state index contributed by atoms with van der Waals surface area (Å²) in [6, 6.07) is 7.66. The summed E-state index contributed by atoms with van der Waals surface area (Å²) in [4.78, 5) is 7.99. The summed E-state index contributed by atoms with van der Waals surface area (Å²) >= 11 is 18.0. The number of rotatable bonds is 4. The van der Waals surface area contributed by atoms with Gasteiger partial charge in [-0.3, -0.25) is 0 Å². The van der Waals surface area contributed by atoms with Crippen molar-refractivity contribution in [1.82, 2.24) is 9.97 Å². The Hall–Kier alpha value is -2.42. The molecule has 0 saturated heterocycles. The van der Waals surface area contributed by atoms with Crippen LogP contribution in [0, 0.1) is 0 Å². The van der Waals surface area contributed by atoms with Gasteiger partial charge < -0.3 is 16.4 Å². The van der Waals surface area contributed by atoms with Gasteiger partial charge in [0.2, 0.25) is 0 Å². The Morgan fingerprint density at radius 1 is 0.821 bits per heavy atom. The number of halogens is 6. The Balaban J connectivity index is 1.92. The van der Waals surface area contributed by atoms with Gasteiger partial charge in [-0.1, -0.05) is 34.8 Å². The lowest BCUT2D eigenvalue weighted by molar-refractivity contribution is -0.137. The van der Waals surface area contributed by atoms with E-state index in [-0.39, 0.29) is 28.0 Å². The van der Waals surface area contributed by atoms with Crippen molar-refractivity contribution >= 4 is 63.5 Å². The number of hydrogen-bond donors (Lipinski definition) is 3. The maximum Gasteiger partial charge on any atom is 0.416 e. The third-order valence-corrected chi connectivity index (χ3v) is 4.49. The topological polar surface area (TPSA) is 75.9 Å². The van der Waals surface area contributed by atoms with E-state index in [4.69, 9.17) is 40.5 Å². The Kier molecular flexibility index (Phi) is 5.74. The van der Waals surface area contributed by atoms with E-state index in [0.717, 1.165) is 18.2 Å². The largest absolute Gasteiger partial charge is 0.416 e. The fourth-order valence-corrected chi connectivity index (χ4v) is 2.86. The van der Waals surface area contributed by atoms with Crippen molar-refractivity contribution in [3.8, 4) is 0 Å². The molecular weight excluding hydrogens is 438 g/mol. The number of hydrogen-bond acceptors (Lipinski definition) is 5. The van der Waals surface area contributed by atoms with Crippen LogP contribution in [0.5, 0.6) is 0 Å². The van der Waals surface area contributed by atoms with Gasteiger partial charge in [-0.2, -0.15) is 13.2 Å². The normalized spacial score (nSPS) is 11.4. The van der Waals surface area contributed by atoms with Crippen molar-refractivity contribution in [2.24, 2.45) is 0 Å². The molecule has 0 radical (unpaired) electrons. The van der Waals surface area contributed by atoms with E-state index < -0.39 is 11.7 Å². The minimum Gasteiger partial charge on any atom is -0.393 e. The van der Waals surface area contributed by atoms with E-state index in [0.29, 0.717) is 15.7 Å². The van der Waals surface area contributed by atoms with Gasteiger partial charge in [0.1, 0.15) is 12.0 Å². The van der Waals surface area contributed by atoms with Gasteiger partial charge in [0.25, 0.3) is 0 Å². The minimum atomic E-state index is -4.52. The van der Waals surface area contributed by atoms with Gasteiger partial charge in [-0.15, -0.1) is 0 Å². The van der Waals surface area contributed by atoms with Crippen LogP contribution >= 0.6 is 34.8 Å². The first kappa shape index (κ1) is 20.3. The standard InChI is InChI=1S/C17H11Cl3F3N5/c18-9-2-4-12(11(20)6-9)27-15-14(24)16(26-7-25-15)28-13-5-8(17(21,22)23)1-3-10(13)19/h1-7H,24H2,(H2,25,26,27,28). The van der Waals surface area contributed by atoms with E-state index >= 15 is 0 Å². The molecular formula is C17H11Cl3F3N5. The molecule has 2 aromatic carbocycles. The summed E-state index contributed by atoms with van der Waals surface area (Å²) in [6.45, 7) is 0. The highest BCUT2D eigenvalue weighted by Gasteiger charge is 2.31. The highest BCUT2D eigenvalue weighted by molar-refractivity contribution is 6.36. The smallest absolute Gasteiger partial charge is 0.393 e. The average molecular weight is 449 g/mol. The summed E-state index contributed by atoms with van der Waals surface area (Å²) in [5.74, 6) is 0.272. The van der Waals surface area contributed by atoms with Crippen LogP contribution in [0.2, 0.25) is 15.1 Å². The van der Waals surface area contributed by atoms with Crippen LogP contribution in [0.4, 0.5) is 41.9 Å². The van der Waals surface area contributed by atoms with Crippen molar-refractivity contribution in [2.75, 3.05) is 16.4 Å². The zero-order chi connectivity index (χ0) is 20.5. The summed E-state index contributed by atoms with van der Waals surface area (Å²) in [5.41, 5.74) is 5.73. The Morgan fingerprint density at radius 2 is 1.46 bits per heavy atom. The maximum atomic E-state index is 12.9. The molecule has 0 unspecified atom stereocenters. The van der Waals surface area contributed by atoms with E-state index in [2.05, 4.69) is 20.6 Å². The summed E-state index contributed by atoms with van der Waals surface area (Å²) in [5, 5.41) is 6.48. The SMILES string of the molecule is Nc1c(Nc2ccc(Cl)cc2Cl)ncnc1Nc1cc(C(F)(F)F)ccc1Cl. The lowest BCUT2D eigenvalue weighted by Gasteiger charge is -2.15. The van der Waals surface area contributed by atoms with Crippen molar-refractivity contribution in [2.45, 2.75) is 6.18 Å². The predicted octanol–water partition coefficient (Wildman–Crippen LogP) is 6.53. The molecule has 0 aliphatic carbocycles. The van der Waals surface area contributed by atoms with E-state index in [9.17, 15) is 13.2 Å². The average Bonchev–Trinajstić information content (AvgIpc) is 2.61. The summed E-state index contributed by atoms with van der Waals surface area (Å²) in [6.07, 6.45) is -3.33. The van der Waals surface area contributed by atoms with Crippen molar-refractivity contribution in [3.63, 3.8) is 0 Å². The van der Waals surface area contributed by atoms with E-state index in [1.54, 1.807) is 12.1 Å². The predicted molar refractivity (Wildman–Crippen MR) is 106 cm³/mol. The summed E-state index contributed by atoms with van der Waals surface area (Å²) in [7, 11) is 0. The first-order chi connectivity index (χ1) is 13.1.